The maximum absolute atomic E-state index is 13.6. The quantitative estimate of drug-likeness (QED) is 0.317. The van der Waals surface area contributed by atoms with Gasteiger partial charge in [0.15, 0.2) is 0 Å². The van der Waals surface area contributed by atoms with E-state index in [1.165, 1.54) is 0 Å². The van der Waals surface area contributed by atoms with Crippen LogP contribution in [0.1, 0.15) is 36.7 Å². The molecule has 1 aliphatic heterocycles. The van der Waals surface area contributed by atoms with Crippen molar-refractivity contribution in [1.82, 2.24) is 15.0 Å². The molecule has 0 unspecified atom stereocenters. The predicted molar refractivity (Wildman–Crippen MR) is 141 cm³/mol. The molecule has 2 aromatic carbocycles. The van der Waals surface area contributed by atoms with Crippen molar-refractivity contribution < 1.29 is 9.53 Å². The average Bonchev–Trinajstić information content (AvgIpc) is 3.12. The van der Waals surface area contributed by atoms with Crippen LogP contribution in [0.2, 0.25) is 15.1 Å². The van der Waals surface area contributed by atoms with E-state index in [0.29, 0.717) is 39.5 Å². The molecular formula is C26H23Cl3N4O2. The zero-order valence-corrected chi connectivity index (χ0v) is 21.7. The molecule has 1 aliphatic rings. The van der Waals surface area contributed by atoms with Gasteiger partial charge in [-0.25, -0.2) is 4.52 Å². The number of amides is 1. The van der Waals surface area contributed by atoms with Gasteiger partial charge in [0.05, 0.1) is 40.2 Å². The fourth-order valence-corrected chi connectivity index (χ4v) is 5.29. The highest BCUT2D eigenvalue weighted by Gasteiger charge is 2.29. The third-order valence-corrected chi connectivity index (χ3v) is 6.58. The van der Waals surface area contributed by atoms with Gasteiger partial charge in [-0.3, -0.25) is 15.2 Å². The Kier molecular flexibility index (Phi) is 6.08. The standard InChI is InChI=1S/C26H23Cl3N4O2/c1-26(2,3)23-18(25(34)31-32-8-9-35-22-7-5-4-6-20(22)32)14-30-33-21(23)13-19(29)24(33)15-10-16(27)12-17(28)11-15/h4-7,10-14H,8-9H2,1-3H3,(H,31,34). The largest absolute Gasteiger partial charge is 0.489 e. The zero-order chi connectivity index (χ0) is 24.9. The van der Waals surface area contributed by atoms with E-state index in [1.807, 2.05) is 35.3 Å². The predicted octanol–water partition coefficient (Wildman–Crippen LogP) is 6.80. The van der Waals surface area contributed by atoms with Crippen LogP contribution in [0, 0.1) is 0 Å². The minimum absolute atomic E-state index is 0.258. The number of ether oxygens (including phenoxy) is 1. The normalized spacial score (nSPS) is 13.5. The first-order valence-electron chi connectivity index (χ1n) is 11.1. The molecule has 0 aliphatic carbocycles. The number of benzene rings is 2. The monoisotopic (exact) mass is 528 g/mol. The van der Waals surface area contributed by atoms with Crippen LogP contribution in [-0.2, 0) is 5.41 Å². The van der Waals surface area contributed by atoms with Crippen molar-refractivity contribution in [2.24, 2.45) is 0 Å². The highest BCUT2D eigenvalue weighted by Crippen LogP contribution is 2.39. The minimum Gasteiger partial charge on any atom is -0.489 e. The molecule has 35 heavy (non-hydrogen) atoms. The number of aromatic nitrogens is 2. The van der Waals surface area contributed by atoms with E-state index in [-0.39, 0.29) is 11.3 Å². The highest BCUT2D eigenvalue weighted by atomic mass is 35.5. The lowest BCUT2D eigenvalue weighted by Crippen LogP contribution is -2.47. The summed E-state index contributed by atoms with van der Waals surface area (Å²) < 4.78 is 7.45. The van der Waals surface area contributed by atoms with Crippen LogP contribution in [0.5, 0.6) is 5.75 Å². The number of nitrogens with one attached hydrogen (secondary N) is 1. The van der Waals surface area contributed by atoms with Crippen LogP contribution in [0.25, 0.3) is 16.8 Å². The molecule has 4 aromatic rings. The molecule has 5 rings (SSSR count). The second kappa shape index (κ2) is 8.94. The lowest BCUT2D eigenvalue weighted by molar-refractivity contribution is 0.0942. The Balaban J connectivity index is 1.61. The van der Waals surface area contributed by atoms with Crippen molar-refractivity contribution in [1.29, 1.82) is 0 Å². The topological polar surface area (TPSA) is 58.9 Å². The van der Waals surface area contributed by atoms with Gasteiger partial charge in [0, 0.05) is 15.6 Å². The molecule has 9 heteroatoms. The molecule has 180 valence electrons. The molecular weight excluding hydrogens is 507 g/mol. The fraction of sp³-hybridized carbons (Fsp3) is 0.231. The number of hydrogen-bond donors (Lipinski definition) is 1. The summed E-state index contributed by atoms with van der Waals surface area (Å²) in [5.41, 5.74) is 6.89. The van der Waals surface area contributed by atoms with E-state index < -0.39 is 0 Å². The molecule has 0 spiro atoms. The molecule has 0 saturated carbocycles. The Labute approximate surface area is 218 Å². The Morgan fingerprint density at radius 3 is 2.49 bits per heavy atom. The third-order valence-electron chi connectivity index (χ3n) is 5.85. The summed E-state index contributed by atoms with van der Waals surface area (Å²) >= 11 is 19.2. The summed E-state index contributed by atoms with van der Waals surface area (Å²) in [6.45, 7) is 7.17. The van der Waals surface area contributed by atoms with Gasteiger partial charge < -0.3 is 4.74 Å². The van der Waals surface area contributed by atoms with Crippen LogP contribution in [-0.4, -0.2) is 28.7 Å². The number of nitrogens with zero attached hydrogens (tertiary/aromatic N) is 3. The smallest absolute Gasteiger partial charge is 0.271 e. The number of fused-ring (bicyclic) bond motifs is 2. The molecule has 6 nitrogen and oxygen atoms in total. The van der Waals surface area contributed by atoms with E-state index in [9.17, 15) is 4.79 Å². The van der Waals surface area contributed by atoms with E-state index in [2.05, 4.69) is 31.3 Å². The van der Waals surface area contributed by atoms with Crippen molar-refractivity contribution >= 4 is 51.9 Å². The average molecular weight is 530 g/mol. The summed E-state index contributed by atoms with van der Waals surface area (Å²) in [6.07, 6.45) is 1.58. The van der Waals surface area contributed by atoms with Crippen molar-refractivity contribution in [3.05, 3.63) is 80.9 Å². The van der Waals surface area contributed by atoms with Gasteiger partial charge in [0.2, 0.25) is 0 Å². The van der Waals surface area contributed by atoms with E-state index in [1.54, 1.807) is 28.9 Å². The molecule has 2 aromatic heterocycles. The zero-order valence-electron chi connectivity index (χ0n) is 19.4. The molecule has 1 amide bonds. The molecule has 0 fully saturated rings. The van der Waals surface area contributed by atoms with Crippen LogP contribution in [0.4, 0.5) is 5.69 Å². The number of hydrogen-bond acceptors (Lipinski definition) is 4. The number of anilines is 1. The molecule has 0 bridgehead atoms. The molecule has 3 heterocycles. The Bertz CT molecular complexity index is 1440. The van der Waals surface area contributed by atoms with E-state index in [4.69, 9.17) is 39.5 Å². The van der Waals surface area contributed by atoms with Crippen molar-refractivity contribution in [2.45, 2.75) is 26.2 Å². The van der Waals surface area contributed by atoms with Crippen LogP contribution < -0.4 is 15.2 Å². The van der Waals surface area contributed by atoms with Gasteiger partial charge in [-0.15, -0.1) is 0 Å². The fourth-order valence-electron chi connectivity index (χ4n) is 4.47. The molecule has 0 radical (unpaired) electrons. The Morgan fingerprint density at radius 1 is 1.06 bits per heavy atom. The third kappa shape index (κ3) is 4.42. The van der Waals surface area contributed by atoms with Crippen molar-refractivity contribution in [2.75, 3.05) is 18.2 Å². The summed E-state index contributed by atoms with van der Waals surface area (Å²) in [4.78, 5) is 13.6. The summed E-state index contributed by atoms with van der Waals surface area (Å²) in [7, 11) is 0. The van der Waals surface area contributed by atoms with E-state index >= 15 is 0 Å². The van der Waals surface area contributed by atoms with E-state index in [0.717, 1.165) is 28.1 Å². The van der Waals surface area contributed by atoms with Crippen molar-refractivity contribution in [3.8, 4) is 17.0 Å². The van der Waals surface area contributed by atoms with Crippen LogP contribution in [0.15, 0.2) is 54.7 Å². The Morgan fingerprint density at radius 2 is 1.77 bits per heavy atom. The molecule has 0 atom stereocenters. The van der Waals surface area contributed by atoms with Gasteiger partial charge >= 0.3 is 0 Å². The maximum atomic E-state index is 13.6. The lowest BCUT2D eigenvalue weighted by atomic mass is 9.84. The van der Waals surface area contributed by atoms with Gasteiger partial charge in [-0.2, -0.15) is 5.10 Å². The number of halogens is 3. The number of hydrazine groups is 1. The van der Waals surface area contributed by atoms with Gasteiger partial charge in [-0.05, 0) is 47.4 Å². The van der Waals surface area contributed by atoms with Crippen LogP contribution in [0.3, 0.4) is 0 Å². The minimum atomic E-state index is -0.384. The second-order valence-electron chi connectivity index (χ2n) is 9.39. The number of carbonyl (C=O) groups is 1. The first-order chi connectivity index (χ1) is 16.6. The molecule has 0 saturated heterocycles. The second-order valence-corrected chi connectivity index (χ2v) is 10.7. The molecule has 1 N–H and O–H groups in total. The SMILES string of the molecule is CC(C)(C)c1c(C(=O)NN2CCOc3ccccc32)cnn2c(-c3cc(Cl)cc(Cl)c3)c(Cl)cc12. The van der Waals surface area contributed by atoms with Crippen LogP contribution >= 0.6 is 34.8 Å². The first kappa shape index (κ1) is 23.8. The van der Waals surface area contributed by atoms with Gasteiger partial charge in [-0.1, -0.05) is 67.7 Å². The highest BCUT2D eigenvalue weighted by molar-refractivity contribution is 6.36. The summed E-state index contributed by atoms with van der Waals surface area (Å²) in [5, 5.41) is 7.90. The maximum Gasteiger partial charge on any atom is 0.271 e. The lowest BCUT2D eigenvalue weighted by Gasteiger charge is -2.32. The summed E-state index contributed by atoms with van der Waals surface area (Å²) in [5.74, 6) is 0.471. The first-order valence-corrected chi connectivity index (χ1v) is 12.2. The van der Waals surface area contributed by atoms with Gasteiger partial charge in [0.1, 0.15) is 12.4 Å². The number of para-hydroxylation sites is 2. The van der Waals surface area contributed by atoms with Crippen molar-refractivity contribution in [3.63, 3.8) is 0 Å². The van der Waals surface area contributed by atoms with Gasteiger partial charge in [0.25, 0.3) is 5.91 Å². The number of carbonyl (C=O) groups excluding carboxylic acids is 1. The Hall–Kier alpha value is -2.93. The summed E-state index contributed by atoms with van der Waals surface area (Å²) in [6, 6.07) is 14.7. The number of rotatable bonds is 3.